The Morgan fingerprint density at radius 3 is 2.84 bits per heavy atom. The topological polar surface area (TPSA) is 139 Å². The SMILES string of the molecule is CCCCOc1ccc2c(c1-c1ncnc3c(C(=O)NC4CCN(C(=O)[C@H](C)O)CC4)c[nH]c13)OCO2. The minimum atomic E-state index is -1.02. The second-order valence-corrected chi connectivity index (χ2v) is 9.27. The van der Waals surface area contributed by atoms with E-state index in [4.69, 9.17) is 14.2 Å². The van der Waals surface area contributed by atoms with Crippen LogP contribution in [0, 0.1) is 0 Å². The fourth-order valence-electron chi connectivity index (χ4n) is 4.70. The van der Waals surface area contributed by atoms with Gasteiger partial charge in [-0.15, -0.1) is 0 Å². The Bertz CT molecular complexity index is 1300. The number of likely N-dealkylation sites (tertiary alicyclic amines) is 1. The van der Waals surface area contributed by atoms with E-state index < -0.39 is 6.10 Å². The number of aliphatic hydroxyl groups is 1. The van der Waals surface area contributed by atoms with Crippen molar-refractivity contribution in [3.05, 3.63) is 30.2 Å². The molecular weight excluding hydrogens is 478 g/mol. The standard InChI is InChI=1S/C26H31N5O6/c1-3-4-11-35-18-5-6-19-24(37-14-36-19)20(18)22-23-21(28-13-29-22)17(12-27-23)25(33)30-16-7-9-31(10-8-16)26(34)15(2)32/h5-6,12-13,15-16,27,32H,3-4,7-11,14H2,1-2H3,(H,30,33)/t15-/m0/s1. The summed E-state index contributed by atoms with van der Waals surface area (Å²) in [5.41, 5.74) is 2.69. The average Bonchev–Trinajstić information content (AvgIpc) is 3.56. The number of amides is 2. The number of carbonyl (C=O) groups is 2. The van der Waals surface area contributed by atoms with Gasteiger partial charge in [-0.1, -0.05) is 13.3 Å². The molecule has 0 saturated carbocycles. The van der Waals surface area contributed by atoms with Crippen LogP contribution in [0.4, 0.5) is 0 Å². The molecule has 0 unspecified atom stereocenters. The van der Waals surface area contributed by atoms with Crippen LogP contribution in [-0.4, -0.2) is 75.4 Å². The molecule has 1 saturated heterocycles. The first-order valence-electron chi connectivity index (χ1n) is 12.6. The zero-order valence-corrected chi connectivity index (χ0v) is 21.0. The van der Waals surface area contributed by atoms with E-state index in [1.807, 2.05) is 12.1 Å². The molecule has 0 aliphatic carbocycles. The fourth-order valence-corrected chi connectivity index (χ4v) is 4.70. The number of ether oxygens (including phenoxy) is 3. The molecule has 2 amide bonds. The van der Waals surface area contributed by atoms with Crippen LogP contribution in [0.25, 0.3) is 22.3 Å². The minimum Gasteiger partial charge on any atom is -0.493 e. The van der Waals surface area contributed by atoms with Crippen LogP contribution >= 0.6 is 0 Å². The van der Waals surface area contributed by atoms with Gasteiger partial charge in [0.2, 0.25) is 6.79 Å². The Labute approximate surface area is 214 Å². The molecule has 37 heavy (non-hydrogen) atoms. The lowest BCUT2D eigenvalue weighted by molar-refractivity contribution is -0.140. The lowest BCUT2D eigenvalue weighted by Crippen LogP contribution is -2.48. The van der Waals surface area contributed by atoms with Gasteiger partial charge in [0.05, 0.1) is 23.3 Å². The largest absolute Gasteiger partial charge is 0.493 e. The maximum atomic E-state index is 13.2. The van der Waals surface area contributed by atoms with Crippen molar-refractivity contribution in [2.45, 2.75) is 51.7 Å². The number of aromatic amines is 1. The van der Waals surface area contributed by atoms with E-state index in [1.54, 1.807) is 11.1 Å². The highest BCUT2D eigenvalue weighted by molar-refractivity contribution is 6.08. The third kappa shape index (κ3) is 4.91. The summed E-state index contributed by atoms with van der Waals surface area (Å²) >= 11 is 0. The lowest BCUT2D eigenvalue weighted by atomic mass is 10.0. The van der Waals surface area contributed by atoms with Gasteiger partial charge in [-0.05, 0) is 38.3 Å². The highest BCUT2D eigenvalue weighted by atomic mass is 16.7. The molecule has 1 atom stereocenters. The van der Waals surface area contributed by atoms with Crippen molar-refractivity contribution >= 4 is 22.8 Å². The smallest absolute Gasteiger partial charge is 0.255 e. The molecule has 11 nitrogen and oxygen atoms in total. The molecule has 0 spiro atoms. The molecule has 0 bridgehead atoms. The first kappa shape index (κ1) is 24.8. The van der Waals surface area contributed by atoms with Crippen molar-refractivity contribution in [3.8, 4) is 28.5 Å². The van der Waals surface area contributed by atoms with E-state index in [0.717, 1.165) is 12.8 Å². The number of nitrogens with zero attached hydrogens (tertiary/aromatic N) is 3. The summed E-state index contributed by atoms with van der Waals surface area (Å²) in [6, 6.07) is 3.58. The van der Waals surface area contributed by atoms with Crippen molar-refractivity contribution < 1.29 is 28.9 Å². The van der Waals surface area contributed by atoms with E-state index in [0.29, 0.717) is 77.6 Å². The molecule has 5 rings (SSSR count). The highest BCUT2D eigenvalue weighted by Crippen LogP contribution is 2.47. The van der Waals surface area contributed by atoms with Crippen molar-refractivity contribution in [1.82, 2.24) is 25.2 Å². The number of aliphatic hydroxyl groups excluding tert-OH is 1. The number of unbranched alkanes of at least 4 members (excludes halogenated alkanes) is 1. The third-order valence-corrected chi connectivity index (χ3v) is 6.70. The Morgan fingerprint density at radius 2 is 2.08 bits per heavy atom. The molecule has 2 aliphatic rings. The molecule has 1 fully saturated rings. The zero-order valence-electron chi connectivity index (χ0n) is 21.0. The van der Waals surface area contributed by atoms with Gasteiger partial charge in [0.1, 0.15) is 29.4 Å². The number of carbonyl (C=O) groups excluding carboxylic acids is 2. The number of rotatable bonds is 8. The second kappa shape index (κ2) is 10.6. The highest BCUT2D eigenvalue weighted by Gasteiger charge is 2.29. The van der Waals surface area contributed by atoms with Crippen molar-refractivity contribution in [3.63, 3.8) is 0 Å². The van der Waals surface area contributed by atoms with Gasteiger partial charge in [0.15, 0.2) is 11.5 Å². The quantitative estimate of drug-likeness (QED) is 0.394. The Kier molecular flexibility index (Phi) is 7.13. The summed E-state index contributed by atoms with van der Waals surface area (Å²) in [4.78, 5) is 39.0. The number of benzene rings is 1. The van der Waals surface area contributed by atoms with Crippen molar-refractivity contribution in [1.29, 1.82) is 0 Å². The van der Waals surface area contributed by atoms with Gasteiger partial charge in [-0.25, -0.2) is 9.97 Å². The van der Waals surface area contributed by atoms with Crippen molar-refractivity contribution in [2.24, 2.45) is 0 Å². The van der Waals surface area contributed by atoms with E-state index in [1.165, 1.54) is 13.3 Å². The number of fused-ring (bicyclic) bond motifs is 2. The summed E-state index contributed by atoms with van der Waals surface area (Å²) in [6.45, 7) is 5.19. The van der Waals surface area contributed by atoms with Crippen LogP contribution in [0.5, 0.6) is 17.2 Å². The molecule has 1 aromatic carbocycles. The summed E-state index contributed by atoms with van der Waals surface area (Å²) in [6.07, 6.45) is 5.16. The van der Waals surface area contributed by atoms with Crippen molar-refractivity contribution in [2.75, 3.05) is 26.5 Å². The van der Waals surface area contributed by atoms with Crippen LogP contribution in [-0.2, 0) is 4.79 Å². The molecule has 4 heterocycles. The van der Waals surface area contributed by atoms with Gasteiger partial charge in [-0.2, -0.15) is 0 Å². The monoisotopic (exact) mass is 509 g/mol. The van der Waals surface area contributed by atoms with Crippen LogP contribution in [0.3, 0.4) is 0 Å². The number of H-pyrrole nitrogens is 1. The van der Waals surface area contributed by atoms with E-state index in [-0.39, 0.29) is 24.6 Å². The molecule has 2 aliphatic heterocycles. The Balaban J connectivity index is 1.40. The van der Waals surface area contributed by atoms with Gasteiger partial charge in [-0.3, -0.25) is 9.59 Å². The molecule has 3 N–H and O–H groups in total. The van der Waals surface area contributed by atoms with Gasteiger partial charge < -0.3 is 34.5 Å². The number of hydrogen-bond donors (Lipinski definition) is 3. The summed E-state index contributed by atoms with van der Waals surface area (Å²) < 4.78 is 17.4. The second-order valence-electron chi connectivity index (χ2n) is 9.27. The first-order valence-corrected chi connectivity index (χ1v) is 12.6. The van der Waals surface area contributed by atoms with Gasteiger partial charge in [0, 0.05) is 25.3 Å². The third-order valence-electron chi connectivity index (χ3n) is 6.70. The van der Waals surface area contributed by atoms with E-state index in [9.17, 15) is 14.7 Å². The van der Waals surface area contributed by atoms with Crippen LogP contribution < -0.4 is 19.5 Å². The number of nitrogens with one attached hydrogen (secondary N) is 2. The van der Waals surface area contributed by atoms with E-state index >= 15 is 0 Å². The number of piperidine rings is 1. The maximum absolute atomic E-state index is 13.2. The fraction of sp³-hybridized carbons (Fsp3) is 0.462. The summed E-state index contributed by atoms with van der Waals surface area (Å²) in [5, 5.41) is 12.6. The summed E-state index contributed by atoms with van der Waals surface area (Å²) in [5.74, 6) is 1.23. The molecular formula is C26H31N5O6. The number of aromatic nitrogens is 3. The zero-order chi connectivity index (χ0) is 25.9. The maximum Gasteiger partial charge on any atom is 0.255 e. The normalized spacial score (nSPS) is 16.1. The van der Waals surface area contributed by atoms with Gasteiger partial charge >= 0.3 is 0 Å². The molecule has 2 aromatic heterocycles. The predicted molar refractivity (Wildman–Crippen MR) is 135 cm³/mol. The van der Waals surface area contributed by atoms with Crippen LogP contribution in [0.1, 0.15) is 49.9 Å². The molecule has 11 heteroatoms. The first-order chi connectivity index (χ1) is 18.0. The minimum absolute atomic E-state index is 0.0849. The molecule has 196 valence electrons. The van der Waals surface area contributed by atoms with Gasteiger partial charge in [0.25, 0.3) is 11.8 Å². The number of hydrogen-bond acceptors (Lipinski definition) is 8. The molecule has 0 radical (unpaired) electrons. The Morgan fingerprint density at radius 1 is 1.27 bits per heavy atom. The average molecular weight is 510 g/mol. The van der Waals surface area contributed by atoms with E-state index in [2.05, 4.69) is 27.2 Å². The van der Waals surface area contributed by atoms with Crippen LogP contribution in [0.2, 0.25) is 0 Å². The Hall–Kier alpha value is -3.86. The lowest BCUT2D eigenvalue weighted by Gasteiger charge is -2.33. The predicted octanol–water partition coefficient (Wildman–Crippen LogP) is 2.63. The molecule has 3 aromatic rings. The van der Waals surface area contributed by atoms with Crippen LogP contribution in [0.15, 0.2) is 24.7 Å². The summed E-state index contributed by atoms with van der Waals surface area (Å²) in [7, 11) is 0.